The number of hydrazone groups is 1. The molecule has 1 saturated heterocycles. The SMILES string of the molecule is COc1ccc(C2=NN(Cc3ccc(N4CCCCC4NC(C)=O)cc3)C(=O)SC2)cc1OC1CCCC1. The Bertz CT molecular complexity index is 1180. The average Bonchev–Trinajstić information content (AvgIpc) is 3.44. The molecule has 8 nitrogen and oxygen atoms in total. The number of hydrogen-bond acceptors (Lipinski definition) is 7. The van der Waals surface area contributed by atoms with E-state index in [9.17, 15) is 9.59 Å². The summed E-state index contributed by atoms with van der Waals surface area (Å²) in [5.74, 6) is 1.96. The van der Waals surface area contributed by atoms with Crippen molar-refractivity contribution in [1.29, 1.82) is 0 Å². The number of piperidine rings is 1. The predicted molar refractivity (Wildman–Crippen MR) is 151 cm³/mol. The number of rotatable bonds is 8. The topological polar surface area (TPSA) is 83.5 Å². The van der Waals surface area contributed by atoms with Crippen LogP contribution in [-0.4, -0.2) is 53.5 Å². The number of nitrogens with one attached hydrogen (secondary N) is 1. The van der Waals surface area contributed by atoms with Gasteiger partial charge < -0.3 is 19.7 Å². The number of ether oxygens (including phenoxy) is 2. The molecule has 0 radical (unpaired) electrons. The van der Waals surface area contributed by atoms with Crippen LogP contribution < -0.4 is 19.7 Å². The number of nitrogens with zero attached hydrogens (tertiary/aromatic N) is 3. The molecule has 1 atom stereocenters. The lowest BCUT2D eigenvalue weighted by Gasteiger charge is -2.37. The molecule has 0 bridgehead atoms. The van der Waals surface area contributed by atoms with E-state index in [0.29, 0.717) is 18.0 Å². The van der Waals surface area contributed by atoms with Crippen LogP contribution in [0.15, 0.2) is 47.6 Å². The Morgan fingerprint density at radius 1 is 1.05 bits per heavy atom. The molecular formula is C29H36N4O4S. The summed E-state index contributed by atoms with van der Waals surface area (Å²) in [4.78, 5) is 26.6. The highest BCUT2D eigenvalue weighted by Gasteiger charge is 2.26. The van der Waals surface area contributed by atoms with E-state index in [2.05, 4.69) is 22.3 Å². The first-order valence-electron chi connectivity index (χ1n) is 13.5. The van der Waals surface area contributed by atoms with Crippen molar-refractivity contribution in [2.24, 2.45) is 5.10 Å². The molecule has 2 aliphatic heterocycles. The number of carbonyl (C=O) groups is 2. The van der Waals surface area contributed by atoms with E-state index in [1.165, 1.54) is 24.6 Å². The molecular weight excluding hydrogens is 500 g/mol. The molecule has 2 aromatic rings. The first-order valence-corrected chi connectivity index (χ1v) is 14.5. The van der Waals surface area contributed by atoms with Crippen LogP contribution in [0, 0.1) is 0 Å². The highest BCUT2D eigenvalue weighted by Crippen LogP contribution is 2.34. The largest absolute Gasteiger partial charge is 0.493 e. The van der Waals surface area contributed by atoms with Crippen molar-refractivity contribution in [2.45, 2.75) is 70.7 Å². The van der Waals surface area contributed by atoms with E-state index in [1.807, 2.05) is 30.3 Å². The van der Waals surface area contributed by atoms with Gasteiger partial charge in [0.05, 0.1) is 25.5 Å². The third-order valence-corrected chi connectivity index (χ3v) is 8.23. The number of benzene rings is 2. The third kappa shape index (κ3) is 6.26. The van der Waals surface area contributed by atoms with Crippen molar-refractivity contribution in [2.75, 3.05) is 24.3 Å². The Morgan fingerprint density at radius 2 is 1.82 bits per heavy atom. The minimum Gasteiger partial charge on any atom is -0.493 e. The lowest BCUT2D eigenvalue weighted by atomic mass is 10.1. The monoisotopic (exact) mass is 536 g/mol. The van der Waals surface area contributed by atoms with Crippen molar-refractivity contribution in [3.63, 3.8) is 0 Å². The van der Waals surface area contributed by atoms with Crippen molar-refractivity contribution in [3.8, 4) is 11.5 Å². The van der Waals surface area contributed by atoms with Gasteiger partial charge in [-0.1, -0.05) is 23.9 Å². The molecule has 5 rings (SSSR count). The maximum absolute atomic E-state index is 12.7. The molecule has 0 aromatic heterocycles. The molecule has 2 aromatic carbocycles. The zero-order chi connectivity index (χ0) is 26.5. The van der Waals surface area contributed by atoms with Gasteiger partial charge in [0.15, 0.2) is 11.5 Å². The smallest absolute Gasteiger partial charge is 0.302 e. The van der Waals surface area contributed by atoms with E-state index >= 15 is 0 Å². The molecule has 38 heavy (non-hydrogen) atoms. The molecule has 2 heterocycles. The van der Waals surface area contributed by atoms with E-state index in [1.54, 1.807) is 19.0 Å². The van der Waals surface area contributed by atoms with Gasteiger partial charge in [0.25, 0.3) is 0 Å². The first kappa shape index (κ1) is 26.4. The molecule has 2 fully saturated rings. The third-order valence-electron chi connectivity index (χ3n) is 7.35. The molecule has 1 unspecified atom stereocenters. The number of carbonyl (C=O) groups excluding carboxylic acids is 2. The molecule has 1 aliphatic carbocycles. The summed E-state index contributed by atoms with van der Waals surface area (Å²) in [5, 5.41) is 9.29. The first-order chi connectivity index (χ1) is 18.5. The van der Waals surface area contributed by atoms with E-state index in [-0.39, 0.29) is 23.4 Å². The Labute approximate surface area is 228 Å². The van der Waals surface area contributed by atoms with Crippen LogP contribution in [0.5, 0.6) is 11.5 Å². The summed E-state index contributed by atoms with van der Waals surface area (Å²) in [6, 6.07) is 14.1. The molecule has 9 heteroatoms. The Balaban J connectivity index is 1.30. The maximum atomic E-state index is 12.7. The lowest BCUT2D eigenvalue weighted by molar-refractivity contribution is -0.119. The van der Waals surface area contributed by atoms with Gasteiger partial charge in [0.2, 0.25) is 5.91 Å². The van der Waals surface area contributed by atoms with Gasteiger partial charge in [0.1, 0.15) is 6.17 Å². The second-order valence-electron chi connectivity index (χ2n) is 10.1. The van der Waals surface area contributed by atoms with Crippen molar-refractivity contribution in [3.05, 3.63) is 53.6 Å². The van der Waals surface area contributed by atoms with E-state index in [4.69, 9.17) is 14.6 Å². The van der Waals surface area contributed by atoms with Crippen LogP contribution in [-0.2, 0) is 11.3 Å². The number of hydrogen-bond donors (Lipinski definition) is 1. The van der Waals surface area contributed by atoms with Crippen LogP contribution >= 0.6 is 11.8 Å². The maximum Gasteiger partial charge on any atom is 0.302 e. The van der Waals surface area contributed by atoms with Gasteiger partial charge in [0, 0.05) is 30.5 Å². The molecule has 3 aliphatic rings. The molecule has 2 amide bonds. The van der Waals surface area contributed by atoms with Crippen molar-refractivity contribution < 1.29 is 19.1 Å². The fraction of sp³-hybridized carbons (Fsp3) is 0.483. The highest BCUT2D eigenvalue weighted by atomic mass is 32.2. The van der Waals surface area contributed by atoms with Gasteiger partial charge in [-0.15, -0.1) is 0 Å². The number of methoxy groups -OCH3 is 1. The van der Waals surface area contributed by atoms with E-state index in [0.717, 1.165) is 66.9 Å². The van der Waals surface area contributed by atoms with Crippen LogP contribution in [0.3, 0.4) is 0 Å². The molecule has 0 spiro atoms. The zero-order valence-corrected chi connectivity index (χ0v) is 23.0. The number of amides is 2. The molecule has 202 valence electrons. The van der Waals surface area contributed by atoms with Crippen LogP contribution in [0.1, 0.15) is 63.0 Å². The standard InChI is InChI=1S/C29H36N4O4S/c1-20(34)30-28-9-5-6-16-32(28)23-13-10-21(11-14-23)18-33-29(35)38-19-25(31-33)22-12-15-26(36-2)27(17-22)37-24-7-3-4-8-24/h10-15,17,24,28H,3-9,16,18-19H2,1-2H3,(H,30,34). The second kappa shape index (κ2) is 12.1. The summed E-state index contributed by atoms with van der Waals surface area (Å²) < 4.78 is 11.8. The number of anilines is 1. The molecule has 1 saturated carbocycles. The minimum absolute atomic E-state index is 0.0117. The zero-order valence-electron chi connectivity index (χ0n) is 22.2. The van der Waals surface area contributed by atoms with Crippen LogP contribution in [0.25, 0.3) is 0 Å². The molecule has 1 N–H and O–H groups in total. The van der Waals surface area contributed by atoms with Crippen LogP contribution in [0.2, 0.25) is 0 Å². The summed E-state index contributed by atoms with van der Waals surface area (Å²) in [6.45, 7) is 2.87. The van der Waals surface area contributed by atoms with Crippen molar-refractivity contribution in [1.82, 2.24) is 10.3 Å². The summed E-state index contributed by atoms with van der Waals surface area (Å²) in [7, 11) is 1.65. The van der Waals surface area contributed by atoms with Crippen molar-refractivity contribution >= 4 is 34.3 Å². The number of thioether (sulfide) groups is 1. The fourth-order valence-electron chi connectivity index (χ4n) is 5.39. The van der Waals surface area contributed by atoms with Gasteiger partial charge in [-0.3, -0.25) is 9.59 Å². The van der Waals surface area contributed by atoms with Gasteiger partial charge in [-0.25, -0.2) is 5.01 Å². The average molecular weight is 537 g/mol. The summed E-state index contributed by atoms with van der Waals surface area (Å²) >= 11 is 1.26. The Hall–Kier alpha value is -3.20. The fourth-order valence-corrected chi connectivity index (χ4v) is 6.13. The summed E-state index contributed by atoms with van der Waals surface area (Å²) in [6.07, 6.45) is 7.92. The Kier molecular flexibility index (Phi) is 8.42. The lowest BCUT2D eigenvalue weighted by Crippen LogP contribution is -2.50. The van der Waals surface area contributed by atoms with Crippen LogP contribution in [0.4, 0.5) is 10.5 Å². The van der Waals surface area contributed by atoms with Gasteiger partial charge in [-0.05, 0) is 80.8 Å². The van der Waals surface area contributed by atoms with E-state index < -0.39 is 0 Å². The minimum atomic E-state index is -0.0597. The van der Waals surface area contributed by atoms with Gasteiger partial charge in [-0.2, -0.15) is 5.10 Å². The Morgan fingerprint density at radius 3 is 2.55 bits per heavy atom. The quantitative estimate of drug-likeness (QED) is 0.477. The highest BCUT2D eigenvalue weighted by molar-refractivity contribution is 8.14. The second-order valence-corrected chi connectivity index (χ2v) is 11.0. The summed E-state index contributed by atoms with van der Waals surface area (Å²) in [5.41, 5.74) is 3.86. The van der Waals surface area contributed by atoms with Gasteiger partial charge >= 0.3 is 5.24 Å². The predicted octanol–water partition coefficient (Wildman–Crippen LogP) is 5.54. The normalized spacial score (nSPS) is 20.3.